The van der Waals surface area contributed by atoms with Crippen LogP contribution in [0.3, 0.4) is 0 Å². The number of rotatable bonds is 6. The first-order chi connectivity index (χ1) is 12.5. The van der Waals surface area contributed by atoms with Gasteiger partial charge in [-0.1, -0.05) is 62.1 Å². The summed E-state index contributed by atoms with van der Waals surface area (Å²) in [6, 6.07) is 7.02. The van der Waals surface area contributed by atoms with Gasteiger partial charge in [-0.25, -0.2) is 4.68 Å². The van der Waals surface area contributed by atoms with Gasteiger partial charge in [-0.05, 0) is 17.7 Å². The van der Waals surface area contributed by atoms with E-state index < -0.39 is 5.91 Å². The summed E-state index contributed by atoms with van der Waals surface area (Å²) in [4.78, 5) is 25.4. The number of benzene rings is 1. The molecule has 7 nitrogen and oxygen atoms in total. The van der Waals surface area contributed by atoms with Crippen LogP contribution in [0.4, 0.5) is 5.13 Å². The number of anilines is 1. The molecule has 2 heterocycles. The Morgan fingerprint density at radius 3 is 2.69 bits per heavy atom. The molecule has 9 heteroatoms. The normalized spacial score (nSPS) is 11.2. The van der Waals surface area contributed by atoms with Crippen molar-refractivity contribution in [3.05, 3.63) is 40.3 Å². The molecule has 0 radical (unpaired) electrons. The summed E-state index contributed by atoms with van der Waals surface area (Å²) >= 11 is 2.88. The fourth-order valence-corrected chi connectivity index (χ4v) is 4.11. The molecule has 0 saturated carbocycles. The molecule has 0 atom stereocenters. The molecular weight excluding hydrogens is 370 g/mol. The molecule has 3 aromatic rings. The van der Waals surface area contributed by atoms with E-state index in [0.29, 0.717) is 22.4 Å². The van der Waals surface area contributed by atoms with E-state index in [1.807, 2.05) is 20.8 Å². The van der Waals surface area contributed by atoms with Gasteiger partial charge >= 0.3 is 0 Å². The predicted octanol–water partition coefficient (Wildman–Crippen LogP) is 3.27. The van der Waals surface area contributed by atoms with E-state index in [9.17, 15) is 9.59 Å². The van der Waals surface area contributed by atoms with Crippen molar-refractivity contribution in [2.24, 2.45) is 5.92 Å². The molecule has 0 bridgehead atoms. The third kappa shape index (κ3) is 3.94. The minimum atomic E-state index is -0.400. The molecule has 0 spiro atoms. The molecule has 0 aliphatic rings. The molecule has 3 rings (SSSR count). The Morgan fingerprint density at radius 1 is 1.27 bits per heavy atom. The van der Waals surface area contributed by atoms with Gasteiger partial charge in [0, 0.05) is 11.9 Å². The maximum atomic E-state index is 12.8. The number of hydrogen-bond acceptors (Lipinski definition) is 7. The molecule has 1 aromatic carbocycles. The molecule has 0 saturated heterocycles. The number of fused-ring (bicyclic) bond motifs is 1. The van der Waals surface area contributed by atoms with E-state index in [4.69, 9.17) is 0 Å². The summed E-state index contributed by atoms with van der Waals surface area (Å²) in [5, 5.41) is 16.5. The number of nitrogens with zero attached hydrogens (tertiary/aromatic N) is 4. The summed E-state index contributed by atoms with van der Waals surface area (Å²) in [6.07, 6.45) is 0. The second-order valence-electron chi connectivity index (χ2n) is 6.04. The van der Waals surface area contributed by atoms with E-state index in [2.05, 4.69) is 20.6 Å². The first kappa shape index (κ1) is 18.5. The largest absolute Gasteiger partial charge is 0.295 e. The van der Waals surface area contributed by atoms with E-state index in [-0.39, 0.29) is 17.2 Å². The zero-order valence-corrected chi connectivity index (χ0v) is 16.4. The Labute approximate surface area is 158 Å². The van der Waals surface area contributed by atoms with Gasteiger partial charge in [0.25, 0.3) is 11.5 Å². The van der Waals surface area contributed by atoms with Crippen molar-refractivity contribution in [3.8, 4) is 0 Å². The van der Waals surface area contributed by atoms with Gasteiger partial charge in [0.15, 0.2) is 10.0 Å². The summed E-state index contributed by atoms with van der Waals surface area (Å²) in [7, 11) is 0. The zero-order valence-electron chi connectivity index (χ0n) is 14.7. The van der Waals surface area contributed by atoms with E-state index >= 15 is 0 Å². The van der Waals surface area contributed by atoms with E-state index in [1.54, 1.807) is 36.0 Å². The molecule has 26 heavy (non-hydrogen) atoms. The SMILES string of the molecule is CCSc1nnc(NC(=O)c2nn(CC(C)C)c(=O)c3ccccc23)s1. The van der Waals surface area contributed by atoms with Gasteiger partial charge < -0.3 is 0 Å². The number of carbonyl (C=O) groups excluding carboxylic acids is 1. The molecule has 1 amide bonds. The van der Waals surface area contributed by atoms with Gasteiger partial charge in [-0.3, -0.25) is 14.9 Å². The smallest absolute Gasteiger partial charge is 0.278 e. The third-order valence-electron chi connectivity index (χ3n) is 3.52. The number of aromatic nitrogens is 4. The number of thioether (sulfide) groups is 1. The molecule has 0 aliphatic heterocycles. The van der Waals surface area contributed by atoms with Gasteiger partial charge in [-0.2, -0.15) is 5.10 Å². The lowest BCUT2D eigenvalue weighted by atomic mass is 10.1. The lowest BCUT2D eigenvalue weighted by Crippen LogP contribution is -2.29. The summed E-state index contributed by atoms with van der Waals surface area (Å²) in [6.45, 7) is 6.47. The Hall–Kier alpha value is -2.26. The monoisotopic (exact) mass is 389 g/mol. The molecule has 136 valence electrons. The second kappa shape index (κ2) is 7.96. The lowest BCUT2D eigenvalue weighted by Gasteiger charge is -2.12. The average Bonchev–Trinajstić information content (AvgIpc) is 3.04. The van der Waals surface area contributed by atoms with Crippen LogP contribution in [0.5, 0.6) is 0 Å². The van der Waals surface area contributed by atoms with Crippen LogP contribution in [0.2, 0.25) is 0 Å². The maximum absolute atomic E-state index is 12.8. The van der Waals surface area contributed by atoms with Crippen LogP contribution in [0.15, 0.2) is 33.4 Å². The van der Waals surface area contributed by atoms with Crippen LogP contribution in [0, 0.1) is 5.92 Å². The van der Waals surface area contributed by atoms with E-state index in [1.165, 1.54) is 16.0 Å². The highest BCUT2D eigenvalue weighted by Crippen LogP contribution is 2.25. The van der Waals surface area contributed by atoms with Crippen molar-refractivity contribution in [2.45, 2.75) is 31.7 Å². The minimum Gasteiger partial charge on any atom is -0.295 e. The average molecular weight is 390 g/mol. The third-order valence-corrected chi connectivity index (χ3v) is 5.37. The summed E-state index contributed by atoms with van der Waals surface area (Å²) < 4.78 is 2.16. The van der Waals surface area contributed by atoms with Crippen molar-refractivity contribution in [1.29, 1.82) is 0 Å². The van der Waals surface area contributed by atoms with Crippen LogP contribution in [0.25, 0.3) is 10.8 Å². The van der Waals surface area contributed by atoms with Gasteiger partial charge in [0.05, 0.1) is 5.39 Å². The fraction of sp³-hybridized carbons (Fsp3) is 0.353. The second-order valence-corrected chi connectivity index (χ2v) is 8.52. The molecule has 1 N–H and O–H groups in total. The molecule has 0 unspecified atom stereocenters. The van der Waals surface area contributed by atoms with Crippen LogP contribution in [0.1, 0.15) is 31.3 Å². The highest BCUT2D eigenvalue weighted by Gasteiger charge is 2.18. The van der Waals surface area contributed by atoms with Crippen LogP contribution >= 0.6 is 23.1 Å². The number of hydrogen-bond donors (Lipinski definition) is 1. The quantitative estimate of drug-likeness (QED) is 0.514. The Bertz CT molecular complexity index is 996. The topological polar surface area (TPSA) is 89.8 Å². The summed E-state index contributed by atoms with van der Waals surface area (Å²) in [5.74, 6) is 0.714. The van der Waals surface area contributed by atoms with Crippen molar-refractivity contribution in [3.63, 3.8) is 0 Å². The molecule has 0 fully saturated rings. The van der Waals surface area contributed by atoms with Gasteiger partial charge in [0.1, 0.15) is 0 Å². The molecular formula is C17H19N5O2S2. The maximum Gasteiger partial charge on any atom is 0.278 e. The standard InChI is InChI=1S/C17H19N5O2S2/c1-4-25-17-20-19-16(26-17)18-14(23)13-11-7-5-6-8-12(11)15(24)22(21-13)9-10(2)3/h5-8,10H,4,9H2,1-3H3,(H,18,19,23). The lowest BCUT2D eigenvalue weighted by molar-refractivity contribution is 0.102. The number of nitrogens with one attached hydrogen (secondary N) is 1. The van der Waals surface area contributed by atoms with Gasteiger partial charge in [0.2, 0.25) is 5.13 Å². The minimum absolute atomic E-state index is 0.191. The van der Waals surface area contributed by atoms with Gasteiger partial charge in [-0.15, -0.1) is 10.2 Å². The zero-order chi connectivity index (χ0) is 18.7. The first-order valence-electron chi connectivity index (χ1n) is 8.27. The van der Waals surface area contributed by atoms with Crippen LogP contribution in [-0.2, 0) is 6.54 Å². The van der Waals surface area contributed by atoms with Crippen molar-refractivity contribution < 1.29 is 4.79 Å². The number of amides is 1. The molecule has 2 aromatic heterocycles. The Morgan fingerprint density at radius 2 is 2.00 bits per heavy atom. The predicted molar refractivity (Wildman–Crippen MR) is 105 cm³/mol. The Balaban J connectivity index is 2.00. The van der Waals surface area contributed by atoms with Crippen LogP contribution < -0.4 is 10.9 Å². The number of carbonyl (C=O) groups is 1. The van der Waals surface area contributed by atoms with E-state index in [0.717, 1.165) is 10.1 Å². The fourth-order valence-electron chi connectivity index (χ4n) is 2.47. The van der Waals surface area contributed by atoms with Crippen molar-refractivity contribution in [1.82, 2.24) is 20.0 Å². The van der Waals surface area contributed by atoms with Crippen molar-refractivity contribution in [2.75, 3.05) is 11.1 Å². The first-order valence-corrected chi connectivity index (χ1v) is 10.1. The Kier molecular flexibility index (Phi) is 5.67. The van der Waals surface area contributed by atoms with Crippen molar-refractivity contribution >= 4 is 44.9 Å². The highest BCUT2D eigenvalue weighted by atomic mass is 32.2. The molecule has 0 aliphatic carbocycles. The van der Waals surface area contributed by atoms with Crippen LogP contribution in [-0.4, -0.2) is 31.6 Å². The highest BCUT2D eigenvalue weighted by molar-refractivity contribution is 8.01. The summed E-state index contributed by atoms with van der Waals surface area (Å²) in [5.41, 5.74) is 0.0177.